The van der Waals surface area contributed by atoms with Gasteiger partial charge in [-0.15, -0.1) is 0 Å². The Labute approximate surface area is 134 Å². The molecule has 2 aromatic rings. The monoisotopic (exact) mass is 303 g/mol. The number of nitrogens with zero attached hydrogens (tertiary/aromatic N) is 3. The molecule has 1 unspecified atom stereocenters. The molecule has 0 aliphatic rings. The van der Waals surface area contributed by atoms with Crippen molar-refractivity contribution in [2.24, 2.45) is 0 Å². The molecule has 0 N–H and O–H groups in total. The first-order chi connectivity index (χ1) is 10.3. The van der Waals surface area contributed by atoms with Crippen molar-refractivity contribution >= 4 is 0 Å². The number of hydrogen-bond donors (Lipinski definition) is 0. The fourth-order valence-corrected chi connectivity index (χ4v) is 2.91. The highest BCUT2D eigenvalue weighted by Gasteiger charge is 2.25. The molecule has 0 aromatic carbocycles. The highest BCUT2D eigenvalue weighted by molar-refractivity contribution is 5.35. The van der Waals surface area contributed by atoms with Gasteiger partial charge in [-0.2, -0.15) is 5.10 Å². The van der Waals surface area contributed by atoms with Gasteiger partial charge in [-0.25, -0.2) is 0 Å². The van der Waals surface area contributed by atoms with Crippen LogP contribution in [0.15, 0.2) is 18.2 Å². The van der Waals surface area contributed by atoms with Crippen LogP contribution in [-0.2, 0) is 10.2 Å². The van der Waals surface area contributed by atoms with Crippen molar-refractivity contribution in [1.29, 1.82) is 0 Å². The molecule has 0 saturated carbocycles. The van der Waals surface area contributed by atoms with Gasteiger partial charge in [0.2, 0.25) is 0 Å². The van der Waals surface area contributed by atoms with Crippen LogP contribution in [0.1, 0.15) is 57.2 Å². The lowest BCUT2D eigenvalue weighted by atomic mass is 9.91. The van der Waals surface area contributed by atoms with Crippen LogP contribution >= 0.6 is 0 Å². The topological polar surface area (TPSA) is 32.0 Å². The summed E-state index contributed by atoms with van der Waals surface area (Å²) in [6, 6.07) is 6.76. The van der Waals surface area contributed by atoms with E-state index < -0.39 is 0 Å². The first-order valence-corrected chi connectivity index (χ1v) is 8.03. The maximum absolute atomic E-state index is 5.40. The van der Waals surface area contributed by atoms with Crippen molar-refractivity contribution in [2.45, 2.75) is 59.4 Å². The van der Waals surface area contributed by atoms with Crippen molar-refractivity contribution < 1.29 is 4.74 Å². The average Bonchev–Trinajstić information content (AvgIpc) is 2.99. The molecule has 0 aliphatic carbocycles. The minimum Gasteiger partial charge on any atom is -0.382 e. The summed E-state index contributed by atoms with van der Waals surface area (Å²) >= 11 is 0. The standard InChI is InChI=1S/C18H29N3O/c1-8-15(12-22-7)21-16(18(4,5)6)11-17(19-21)20-13(2)9-10-14(20)3/h9-11,15H,8,12H2,1-7H3. The van der Waals surface area contributed by atoms with Crippen molar-refractivity contribution in [1.82, 2.24) is 14.3 Å². The van der Waals surface area contributed by atoms with E-state index in [9.17, 15) is 0 Å². The average molecular weight is 303 g/mol. The summed E-state index contributed by atoms with van der Waals surface area (Å²) in [7, 11) is 1.75. The predicted molar refractivity (Wildman–Crippen MR) is 90.9 cm³/mol. The summed E-state index contributed by atoms with van der Waals surface area (Å²) in [6.45, 7) is 13.8. The normalized spacial score (nSPS) is 13.6. The maximum atomic E-state index is 5.40. The first kappa shape index (κ1) is 16.8. The van der Waals surface area contributed by atoms with E-state index in [1.54, 1.807) is 7.11 Å². The summed E-state index contributed by atoms with van der Waals surface area (Å²) < 4.78 is 9.77. The third-order valence-corrected chi connectivity index (χ3v) is 4.17. The SMILES string of the molecule is CCC(COC)n1nc(-n2c(C)ccc2C)cc1C(C)(C)C. The fraction of sp³-hybridized carbons (Fsp3) is 0.611. The van der Waals surface area contributed by atoms with E-state index in [1.165, 1.54) is 17.1 Å². The van der Waals surface area contributed by atoms with Gasteiger partial charge in [-0.1, -0.05) is 27.7 Å². The molecular formula is C18H29N3O. The number of methoxy groups -OCH3 is 1. The van der Waals surface area contributed by atoms with E-state index in [2.05, 4.69) is 69.0 Å². The maximum Gasteiger partial charge on any atom is 0.159 e. The van der Waals surface area contributed by atoms with Crippen LogP contribution in [0.5, 0.6) is 0 Å². The Kier molecular flexibility index (Phi) is 4.81. The fourth-order valence-electron chi connectivity index (χ4n) is 2.91. The Morgan fingerprint density at radius 3 is 2.23 bits per heavy atom. The molecule has 4 heteroatoms. The van der Waals surface area contributed by atoms with Gasteiger partial charge in [-0.05, 0) is 32.4 Å². The first-order valence-electron chi connectivity index (χ1n) is 8.03. The minimum absolute atomic E-state index is 0.0430. The molecule has 2 heterocycles. The quantitative estimate of drug-likeness (QED) is 0.829. The van der Waals surface area contributed by atoms with Crippen LogP contribution < -0.4 is 0 Å². The van der Waals surface area contributed by atoms with E-state index in [4.69, 9.17) is 9.84 Å². The largest absolute Gasteiger partial charge is 0.382 e. The molecule has 2 rings (SSSR count). The van der Waals surface area contributed by atoms with Gasteiger partial charge in [0, 0.05) is 35.7 Å². The molecule has 4 nitrogen and oxygen atoms in total. The Hall–Kier alpha value is -1.55. The van der Waals surface area contributed by atoms with Crippen molar-refractivity contribution in [3.63, 3.8) is 0 Å². The van der Waals surface area contributed by atoms with Gasteiger partial charge < -0.3 is 9.30 Å². The van der Waals surface area contributed by atoms with Crippen molar-refractivity contribution in [2.75, 3.05) is 13.7 Å². The van der Waals surface area contributed by atoms with Crippen LogP contribution in [-0.4, -0.2) is 28.1 Å². The van der Waals surface area contributed by atoms with E-state index in [1.807, 2.05) is 0 Å². The van der Waals surface area contributed by atoms with Gasteiger partial charge in [0.25, 0.3) is 0 Å². The lowest BCUT2D eigenvalue weighted by molar-refractivity contribution is 0.144. The second kappa shape index (κ2) is 6.29. The van der Waals surface area contributed by atoms with E-state index in [0.717, 1.165) is 12.2 Å². The third kappa shape index (κ3) is 3.12. The van der Waals surface area contributed by atoms with E-state index in [-0.39, 0.29) is 11.5 Å². The van der Waals surface area contributed by atoms with Crippen LogP contribution in [0, 0.1) is 13.8 Å². The molecule has 122 valence electrons. The van der Waals surface area contributed by atoms with Crippen LogP contribution in [0.4, 0.5) is 0 Å². The Morgan fingerprint density at radius 2 is 1.77 bits per heavy atom. The molecule has 0 saturated heterocycles. The van der Waals surface area contributed by atoms with Crippen LogP contribution in [0.25, 0.3) is 5.82 Å². The lowest BCUT2D eigenvalue weighted by Crippen LogP contribution is -2.24. The van der Waals surface area contributed by atoms with E-state index >= 15 is 0 Å². The molecule has 1 atom stereocenters. The molecule has 0 fully saturated rings. The number of hydrogen-bond acceptors (Lipinski definition) is 2. The summed E-state index contributed by atoms with van der Waals surface area (Å²) in [4.78, 5) is 0. The summed E-state index contributed by atoms with van der Waals surface area (Å²) in [5.41, 5.74) is 3.71. The van der Waals surface area contributed by atoms with Gasteiger partial charge in [0.1, 0.15) is 0 Å². The van der Waals surface area contributed by atoms with Crippen molar-refractivity contribution in [3.05, 3.63) is 35.3 Å². The molecule has 0 bridgehead atoms. The molecule has 0 radical (unpaired) electrons. The van der Waals surface area contributed by atoms with Gasteiger partial charge in [-0.3, -0.25) is 4.68 Å². The zero-order valence-electron chi connectivity index (χ0n) is 15.0. The van der Waals surface area contributed by atoms with Gasteiger partial charge >= 0.3 is 0 Å². The molecule has 0 aliphatic heterocycles. The zero-order chi connectivity index (χ0) is 16.5. The van der Waals surface area contributed by atoms with Gasteiger partial charge in [0.05, 0.1) is 12.6 Å². The number of rotatable bonds is 5. The molecule has 22 heavy (non-hydrogen) atoms. The second-order valence-corrected chi connectivity index (χ2v) is 7.05. The highest BCUT2D eigenvalue weighted by atomic mass is 16.5. The summed E-state index contributed by atoms with van der Waals surface area (Å²) in [5, 5.41) is 4.93. The Balaban J connectivity index is 2.58. The Bertz CT molecular complexity index is 612. The third-order valence-electron chi connectivity index (χ3n) is 4.17. The van der Waals surface area contributed by atoms with Crippen LogP contribution in [0.2, 0.25) is 0 Å². The molecular weight excluding hydrogens is 274 g/mol. The minimum atomic E-state index is 0.0430. The van der Waals surface area contributed by atoms with Crippen LogP contribution in [0.3, 0.4) is 0 Å². The highest BCUT2D eigenvalue weighted by Crippen LogP contribution is 2.29. The number of aryl methyl sites for hydroxylation is 2. The van der Waals surface area contributed by atoms with Gasteiger partial charge in [0.15, 0.2) is 5.82 Å². The smallest absolute Gasteiger partial charge is 0.159 e. The molecule has 0 amide bonds. The number of aromatic nitrogens is 3. The summed E-state index contributed by atoms with van der Waals surface area (Å²) in [5.74, 6) is 1.000. The Morgan fingerprint density at radius 1 is 1.18 bits per heavy atom. The number of ether oxygens (including phenoxy) is 1. The lowest BCUT2D eigenvalue weighted by Gasteiger charge is -2.24. The van der Waals surface area contributed by atoms with Crippen molar-refractivity contribution in [3.8, 4) is 5.82 Å². The summed E-state index contributed by atoms with van der Waals surface area (Å²) in [6.07, 6.45) is 1.00. The molecule has 2 aromatic heterocycles. The molecule has 0 spiro atoms. The zero-order valence-corrected chi connectivity index (χ0v) is 15.0. The predicted octanol–water partition coefficient (Wildman–Crippen LogP) is 4.19. The second-order valence-electron chi connectivity index (χ2n) is 7.05. The van der Waals surface area contributed by atoms with E-state index in [0.29, 0.717) is 6.61 Å².